The number of ketones is 1. The summed E-state index contributed by atoms with van der Waals surface area (Å²) in [4.78, 5) is 26.0. The second-order valence-corrected chi connectivity index (χ2v) is 5.82. The fourth-order valence-electron chi connectivity index (χ4n) is 2.80. The summed E-state index contributed by atoms with van der Waals surface area (Å²) in [5.74, 6) is 0.574. The average Bonchev–Trinajstić information content (AvgIpc) is 2.56. The fourth-order valence-corrected chi connectivity index (χ4v) is 2.80. The molecule has 0 saturated carbocycles. The molecule has 1 N–H and O–H groups in total. The number of benzene rings is 1. The average molecular weight is 297 g/mol. The monoisotopic (exact) mass is 297 g/mol. The molecule has 2 aromatic rings. The van der Waals surface area contributed by atoms with Crippen LogP contribution in [0.15, 0.2) is 41.2 Å². The maximum absolute atomic E-state index is 12.7. The van der Waals surface area contributed by atoms with E-state index < -0.39 is 0 Å². The van der Waals surface area contributed by atoms with Crippen molar-refractivity contribution in [2.24, 2.45) is 5.92 Å². The van der Waals surface area contributed by atoms with Crippen LogP contribution in [0.4, 0.5) is 5.69 Å². The summed E-state index contributed by atoms with van der Waals surface area (Å²) >= 11 is 0. The minimum atomic E-state index is -0.310. The molecule has 0 amide bonds. The fraction of sp³-hybridized carbons (Fsp3) is 0.353. The molecule has 3 rings (SSSR count). The summed E-state index contributed by atoms with van der Waals surface area (Å²) in [6, 6.07) is 10.4. The van der Waals surface area contributed by atoms with Crippen molar-refractivity contribution in [1.29, 1.82) is 0 Å². The first-order valence-corrected chi connectivity index (χ1v) is 7.59. The van der Waals surface area contributed by atoms with Gasteiger partial charge in [0, 0.05) is 30.4 Å². The molecule has 22 heavy (non-hydrogen) atoms. The number of hydrogen-bond acceptors (Lipinski definition) is 4. The van der Waals surface area contributed by atoms with Gasteiger partial charge in [-0.3, -0.25) is 9.59 Å². The van der Waals surface area contributed by atoms with Crippen molar-refractivity contribution in [1.82, 2.24) is 10.2 Å². The molecule has 1 aromatic heterocycles. The summed E-state index contributed by atoms with van der Waals surface area (Å²) < 4.78 is 0. The quantitative estimate of drug-likeness (QED) is 0.882. The third kappa shape index (κ3) is 2.93. The molecule has 0 aliphatic carbocycles. The molecule has 1 fully saturated rings. The van der Waals surface area contributed by atoms with E-state index in [1.54, 1.807) is 0 Å². The standard InChI is InChI=1S/C17H19N3O2/c1-12-8-10-20(11-9-12)15-5-3-2-4-13(15)17(22)14-6-7-16(21)19-18-14/h2-7,12H,8-11H2,1H3,(H,19,21). The van der Waals surface area contributed by atoms with E-state index in [0.29, 0.717) is 5.56 Å². The molecule has 5 heteroatoms. The highest BCUT2D eigenvalue weighted by Crippen LogP contribution is 2.27. The smallest absolute Gasteiger partial charge is 0.264 e. The van der Waals surface area contributed by atoms with Crippen molar-refractivity contribution in [3.05, 3.63) is 58.0 Å². The van der Waals surface area contributed by atoms with Gasteiger partial charge in [0.2, 0.25) is 5.78 Å². The first-order valence-electron chi connectivity index (χ1n) is 7.59. The van der Waals surface area contributed by atoms with Crippen LogP contribution in [0.2, 0.25) is 0 Å². The summed E-state index contributed by atoms with van der Waals surface area (Å²) in [6.07, 6.45) is 2.28. The molecule has 0 unspecified atom stereocenters. The molecule has 1 aliphatic rings. The molecule has 5 nitrogen and oxygen atoms in total. The first-order chi connectivity index (χ1) is 10.6. The summed E-state index contributed by atoms with van der Waals surface area (Å²) in [5.41, 5.74) is 1.54. The largest absolute Gasteiger partial charge is 0.371 e. The Balaban J connectivity index is 1.92. The van der Waals surface area contributed by atoms with E-state index in [-0.39, 0.29) is 17.0 Å². The number of para-hydroxylation sites is 1. The van der Waals surface area contributed by atoms with Gasteiger partial charge in [0.25, 0.3) is 5.56 Å². The number of nitrogens with one attached hydrogen (secondary N) is 1. The Morgan fingerprint density at radius 1 is 1.18 bits per heavy atom. The Hall–Kier alpha value is -2.43. The molecule has 0 atom stereocenters. The number of hydrogen-bond donors (Lipinski definition) is 1. The number of carbonyl (C=O) groups is 1. The van der Waals surface area contributed by atoms with E-state index >= 15 is 0 Å². The van der Waals surface area contributed by atoms with Gasteiger partial charge in [-0.2, -0.15) is 5.10 Å². The van der Waals surface area contributed by atoms with Crippen LogP contribution in [0.3, 0.4) is 0 Å². The van der Waals surface area contributed by atoms with Gasteiger partial charge in [0.15, 0.2) is 0 Å². The molecule has 0 bridgehead atoms. The van der Waals surface area contributed by atoms with Gasteiger partial charge in [-0.15, -0.1) is 0 Å². The van der Waals surface area contributed by atoms with Crippen LogP contribution in [-0.4, -0.2) is 29.1 Å². The highest BCUT2D eigenvalue weighted by Gasteiger charge is 2.21. The summed E-state index contributed by atoms with van der Waals surface area (Å²) in [6.45, 7) is 4.19. The van der Waals surface area contributed by atoms with Gasteiger partial charge >= 0.3 is 0 Å². The van der Waals surface area contributed by atoms with Crippen LogP contribution in [0, 0.1) is 5.92 Å². The number of H-pyrrole nitrogens is 1. The number of nitrogens with zero attached hydrogens (tertiary/aromatic N) is 2. The topological polar surface area (TPSA) is 66.1 Å². The number of anilines is 1. The number of rotatable bonds is 3. The number of aromatic amines is 1. The molecular weight excluding hydrogens is 278 g/mol. The van der Waals surface area contributed by atoms with E-state index in [1.807, 2.05) is 24.3 Å². The number of piperidine rings is 1. The second kappa shape index (κ2) is 6.13. The molecule has 0 radical (unpaired) electrons. The normalized spacial score (nSPS) is 15.8. The molecule has 0 spiro atoms. The minimum absolute atomic E-state index is 0.162. The van der Waals surface area contributed by atoms with Gasteiger partial charge in [0.05, 0.1) is 0 Å². The van der Waals surface area contributed by atoms with E-state index in [4.69, 9.17) is 0 Å². The Kier molecular flexibility index (Phi) is 4.04. The van der Waals surface area contributed by atoms with Gasteiger partial charge in [0.1, 0.15) is 5.69 Å². The van der Waals surface area contributed by atoms with Crippen molar-refractivity contribution in [3.63, 3.8) is 0 Å². The Morgan fingerprint density at radius 2 is 1.91 bits per heavy atom. The molecule has 1 aromatic carbocycles. The highest BCUT2D eigenvalue weighted by molar-refractivity contribution is 6.11. The van der Waals surface area contributed by atoms with Gasteiger partial charge < -0.3 is 4.90 Å². The van der Waals surface area contributed by atoms with E-state index in [0.717, 1.165) is 37.5 Å². The zero-order valence-electron chi connectivity index (χ0n) is 12.6. The first kappa shape index (κ1) is 14.5. The Bertz CT molecular complexity index is 710. The third-order valence-electron chi connectivity index (χ3n) is 4.18. The lowest BCUT2D eigenvalue weighted by atomic mass is 9.97. The lowest BCUT2D eigenvalue weighted by Crippen LogP contribution is -2.33. The van der Waals surface area contributed by atoms with Crippen LogP contribution in [0.5, 0.6) is 0 Å². The van der Waals surface area contributed by atoms with E-state index in [1.165, 1.54) is 12.1 Å². The molecule has 1 saturated heterocycles. The van der Waals surface area contributed by atoms with Crippen LogP contribution < -0.4 is 10.5 Å². The lowest BCUT2D eigenvalue weighted by molar-refractivity contribution is 0.103. The second-order valence-electron chi connectivity index (χ2n) is 5.82. The minimum Gasteiger partial charge on any atom is -0.371 e. The van der Waals surface area contributed by atoms with Crippen molar-refractivity contribution in [3.8, 4) is 0 Å². The maximum Gasteiger partial charge on any atom is 0.264 e. The molecule has 1 aliphatic heterocycles. The molecule has 114 valence electrons. The van der Waals surface area contributed by atoms with Gasteiger partial charge in [-0.05, 0) is 37.0 Å². The Morgan fingerprint density at radius 3 is 2.59 bits per heavy atom. The van der Waals surface area contributed by atoms with Crippen LogP contribution in [0.1, 0.15) is 35.8 Å². The van der Waals surface area contributed by atoms with Gasteiger partial charge in [-0.25, -0.2) is 5.10 Å². The zero-order valence-corrected chi connectivity index (χ0v) is 12.6. The Labute approximate surface area is 129 Å². The molecule has 2 heterocycles. The number of carbonyl (C=O) groups excluding carboxylic acids is 1. The maximum atomic E-state index is 12.7. The number of aromatic nitrogens is 2. The van der Waals surface area contributed by atoms with Crippen LogP contribution in [-0.2, 0) is 0 Å². The summed E-state index contributed by atoms with van der Waals surface area (Å²) in [5, 5.41) is 6.16. The van der Waals surface area contributed by atoms with Crippen LogP contribution in [0.25, 0.3) is 0 Å². The summed E-state index contributed by atoms with van der Waals surface area (Å²) in [7, 11) is 0. The van der Waals surface area contributed by atoms with Crippen molar-refractivity contribution in [2.75, 3.05) is 18.0 Å². The van der Waals surface area contributed by atoms with Crippen molar-refractivity contribution >= 4 is 11.5 Å². The predicted octanol–water partition coefficient (Wildman–Crippen LogP) is 2.24. The predicted molar refractivity (Wildman–Crippen MR) is 85.3 cm³/mol. The molecular formula is C17H19N3O2. The van der Waals surface area contributed by atoms with Crippen LogP contribution >= 0.6 is 0 Å². The van der Waals surface area contributed by atoms with E-state index in [2.05, 4.69) is 22.0 Å². The lowest BCUT2D eigenvalue weighted by Gasteiger charge is -2.33. The zero-order chi connectivity index (χ0) is 15.5. The van der Waals surface area contributed by atoms with Crippen molar-refractivity contribution < 1.29 is 4.79 Å². The van der Waals surface area contributed by atoms with Crippen molar-refractivity contribution in [2.45, 2.75) is 19.8 Å². The third-order valence-corrected chi connectivity index (χ3v) is 4.18. The highest BCUT2D eigenvalue weighted by atomic mass is 16.1. The van der Waals surface area contributed by atoms with E-state index in [9.17, 15) is 9.59 Å². The SMILES string of the molecule is CC1CCN(c2ccccc2C(=O)c2ccc(=O)[nH]n2)CC1. The van der Waals surface area contributed by atoms with Gasteiger partial charge in [-0.1, -0.05) is 19.1 Å².